The SMILES string of the molecule is CC[As]CC.Cl. The predicted molar refractivity (Wildman–Crippen MR) is 34.0 cm³/mol. The third-order valence-corrected chi connectivity index (χ3v) is 2.32. The molecule has 0 N–H and O–H groups in total. The Kier molecular flexibility index (Phi) is 15.4. The summed E-state index contributed by atoms with van der Waals surface area (Å²) in [5.74, 6) is 0. The van der Waals surface area contributed by atoms with E-state index in [2.05, 4.69) is 13.8 Å². The largest absolute Gasteiger partial charge is 0.147 e. The van der Waals surface area contributed by atoms with Gasteiger partial charge in [-0.05, 0) is 0 Å². The van der Waals surface area contributed by atoms with Crippen LogP contribution in [0.5, 0.6) is 0 Å². The van der Waals surface area contributed by atoms with Crippen molar-refractivity contribution < 1.29 is 0 Å². The van der Waals surface area contributed by atoms with Crippen LogP contribution in [0.2, 0.25) is 10.4 Å². The van der Waals surface area contributed by atoms with Gasteiger partial charge in [-0.2, -0.15) is 0 Å². The first-order valence-electron chi connectivity index (χ1n) is 2.05. The van der Waals surface area contributed by atoms with Crippen LogP contribution in [-0.2, 0) is 0 Å². The first-order chi connectivity index (χ1) is 2.41. The van der Waals surface area contributed by atoms with Gasteiger partial charge in [0.2, 0.25) is 0 Å². The summed E-state index contributed by atoms with van der Waals surface area (Å²) < 4.78 is 0. The summed E-state index contributed by atoms with van der Waals surface area (Å²) >= 11 is 0.743. The van der Waals surface area contributed by atoms with Gasteiger partial charge in [-0.3, -0.25) is 0 Å². The van der Waals surface area contributed by atoms with Crippen LogP contribution in [-0.4, -0.2) is 15.8 Å². The summed E-state index contributed by atoms with van der Waals surface area (Å²) in [5, 5.41) is 2.88. The minimum Gasteiger partial charge on any atom is -0.147 e. The van der Waals surface area contributed by atoms with Crippen LogP contribution in [0.25, 0.3) is 0 Å². The van der Waals surface area contributed by atoms with E-state index in [1.165, 1.54) is 10.4 Å². The Labute approximate surface area is 52.8 Å². The van der Waals surface area contributed by atoms with Crippen molar-refractivity contribution in [3.8, 4) is 0 Å². The van der Waals surface area contributed by atoms with Gasteiger partial charge in [0.25, 0.3) is 0 Å². The van der Waals surface area contributed by atoms with E-state index in [1.807, 2.05) is 0 Å². The second-order valence-corrected chi connectivity index (χ2v) is 4.45. The molecule has 39 valence electrons. The summed E-state index contributed by atoms with van der Waals surface area (Å²) in [6.07, 6.45) is 0. The predicted octanol–water partition coefficient (Wildman–Crippen LogP) is 1.99. The molecule has 6 heavy (non-hydrogen) atoms. The topological polar surface area (TPSA) is 0 Å². The normalized spacial score (nSPS) is 7.00. The van der Waals surface area contributed by atoms with E-state index in [0.29, 0.717) is 0 Å². The van der Waals surface area contributed by atoms with Crippen molar-refractivity contribution in [2.45, 2.75) is 24.3 Å². The van der Waals surface area contributed by atoms with Crippen molar-refractivity contribution >= 4 is 28.2 Å². The van der Waals surface area contributed by atoms with E-state index < -0.39 is 0 Å². The monoisotopic (exact) mass is 169 g/mol. The van der Waals surface area contributed by atoms with Crippen LogP contribution in [0.3, 0.4) is 0 Å². The van der Waals surface area contributed by atoms with E-state index in [0.717, 1.165) is 15.8 Å². The number of hydrogen-bond donors (Lipinski definition) is 0. The fourth-order valence-corrected chi connectivity index (χ4v) is 1.16. The standard InChI is InChI=1S/C4H10As.ClH/c1-3-5-4-2;/h3-4H2,1-2H3;1H. The summed E-state index contributed by atoms with van der Waals surface area (Å²) in [6.45, 7) is 4.51. The molecule has 0 aliphatic carbocycles. The number of hydrogen-bond acceptors (Lipinski definition) is 0. The van der Waals surface area contributed by atoms with Gasteiger partial charge >= 0.3 is 40.0 Å². The fourth-order valence-electron chi connectivity index (χ4n) is 0.224. The summed E-state index contributed by atoms with van der Waals surface area (Å²) in [7, 11) is 0. The van der Waals surface area contributed by atoms with E-state index in [4.69, 9.17) is 0 Å². The van der Waals surface area contributed by atoms with Crippen molar-refractivity contribution in [2.24, 2.45) is 0 Å². The van der Waals surface area contributed by atoms with Crippen LogP contribution < -0.4 is 0 Å². The Bertz CT molecular complexity index is 15.0. The average Bonchev–Trinajstić information content (AvgIpc) is 1.41. The number of rotatable bonds is 2. The Hall–Kier alpha value is 0.848. The summed E-state index contributed by atoms with van der Waals surface area (Å²) in [5.41, 5.74) is 0. The molecular weight excluding hydrogens is 158 g/mol. The summed E-state index contributed by atoms with van der Waals surface area (Å²) in [4.78, 5) is 0. The maximum absolute atomic E-state index is 2.25. The minimum absolute atomic E-state index is 0. The average molecular weight is 170 g/mol. The zero-order chi connectivity index (χ0) is 4.12. The Balaban J connectivity index is 0. The smallest absolute Gasteiger partial charge is 0.147 e. The molecule has 0 aromatic heterocycles. The molecule has 0 spiro atoms. The fraction of sp³-hybridized carbons (Fsp3) is 1.00. The molecule has 0 atom stereocenters. The van der Waals surface area contributed by atoms with Gasteiger partial charge in [0.05, 0.1) is 0 Å². The Morgan fingerprint density at radius 2 is 1.50 bits per heavy atom. The molecule has 0 nitrogen and oxygen atoms in total. The molecule has 0 amide bonds. The van der Waals surface area contributed by atoms with Crippen molar-refractivity contribution in [1.29, 1.82) is 0 Å². The van der Waals surface area contributed by atoms with Gasteiger partial charge in [-0.1, -0.05) is 0 Å². The second kappa shape index (κ2) is 9.28. The molecule has 0 saturated heterocycles. The van der Waals surface area contributed by atoms with Crippen molar-refractivity contribution in [1.82, 2.24) is 0 Å². The molecule has 0 aromatic rings. The molecule has 0 aliphatic rings. The third-order valence-electron chi connectivity index (χ3n) is 0.447. The molecule has 0 saturated carbocycles. The first kappa shape index (κ1) is 9.96. The molecule has 0 aliphatic heterocycles. The van der Waals surface area contributed by atoms with E-state index in [1.54, 1.807) is 0 Å². The first-order valence-corrected chi connectivity index (χ1v) is 4.70. The van der Waals surface area contributed by atoms with E-state index >= 15 is 0 Å². The quantitative estimate of drug-likeness (QED) is 0.555. The minimum atomic E-state index is 0. The van der Waals surface area contributed by atoms with E-state index in [-0.39, 0.29) is 12.4 Å². The molecule has 0 aromatic carbocycles. The van der Waals surface area contributed by atoms with Gasteiger partial charge in [0.1, 0.15) is 0 Å². The second-order valence-electron chi connectivity index (χ2n) is 0.856. The van der Waals surface area contributed by atoms with Gasteiger partial charge in [0, 0.05) is 0 Å². The van der Waals surface area contributed by atoms with E-state index in [9.17, 15) is 0 Å². The molecule has 0 bridgehead atoms. The molecule has 2 heteroatoms. The van der Waals surface area contributed by atoms with Crippen molar-refractivity contribution in [2.75, 3.05) is 0 Å². The van der Waals surface area contributed by atoms with Crippen LogP contribution >= 0.6 is 12.4 Å². The number of halogens is 1. The molecule has 0 heterocycles. The maximum Gasteiger partial charge on any atom is -0.147 e. The molecule has 0 fully saturated rings. The molecule has 0 rings (SSSR count). The summed E-state index contributed by atoms with van der Waals surface area (Å²) in [6, 6.07) is 0. The van der Waals surface area contributed by atoms with Crippen LogP contribution in [0.15, 0.2) is 0 Å². The molecule has 0 unspecified atom stereocenters. The van der Waals surface area contributed by atoms with Gasteiger partial charge in [-0.15, -0.1) is 12.4 Å². The zero-order valence-corrected chi connectivity index (χ0v) is 6.96. The van der Waals surface area contributed by atoms with Crippen LogP contribution in [0.1, 0.15) is 13.8 Å². The van der Waals surface area contributed by atoms with Crippen LogP contribution in [0, 0.1) is 0 Å². The Morgan fingerprint density at radius 3 is 1.50 bits per heavy atom. The van der Waals surface area contributed by atoms with Crippen molar-refractivity contribution in [3.05, 3.63) is 0 Å². The molecular formula is C4H11AsCl. The van der Waals surface area contributed by atoms with Crippen LogP contribution in [0.4, 0.5) is 0 Å². The van der Waals surface area contributed by atoms with Gasteiger partial charge in [0.15, 0.2) is 0 Å². The van der Waals surface area contributed by atoms with Crippen molar-refractivity contribution in [3.63, 3.8) is 0 Å². The van der Waals surface area contributed by atoms with Gasteiger partial charge < -0.3 is 0 Å². The third kappa shape index (κ3) is 8.85. The Morgan fingerprint density at radius 1 is 1.17 bits per heavy atom. The molecule has 1 radical (unpaired) electrons. The van der Waals surface area contributed by atoms with Gasteiger partial charge in [-0.25, -0.2) is 0 Å². The maximum atomic E-state index is 2.25. The zero-order valence-electron chi connectivity index (χ0n) is 4.27.